The number of nitrogens with two attached hydrogens (primary N) is 1. The molecule has 122 valence electrons. The van der Waals surface area contributed by atoms with Gasteiger partial charge in [0.2, 0.25) is 0 Å². The van der Waals surface area contributed by atoms with E-state index in [4.69, 9.17) is 10.5 Å². The summed E-state index contributed by atoms with van der Waals surface area (Å²) in [5, 5.41) is 0. The van der Waals surface area contributed by atoms with Gasteiger partial charge in [-0.2, -0.15) is 0 Å². The lowest BCUT2D eigenvalue weighted by Gasteiger charge is -2.54. The maximum atomic E-state index is 11.4. The molecular weight excluding hydrogens is 302 g/mol. The fourth-order valence-corrected chi connectivity index (χ4v) is 4.30. The Morgan fingerprint density at radius 1 is 1.36 bits per heavy atom. The van der Waals surface area contributed by atoms with Gasteiger partial charge in [0.25, 0.3) is 5.91 Å². The van der Waals surface area contributed by atoms with Gasteiger partial charge in [-0.3, -0.25) is 4.79 Å². The van der Waals surface area contributed by atoms with Gasteiger partial charge in [0, 0.05) is 32.0 Å². The predicted octanol–water partition coefficient (Wildman–Crippen LogP) is 1.81. The summed E-state index contributed by atoms with van der Waals surface area (Å²) in [4.78, 5) is 18.3. The van der Waals surface area contributed by atoms with E-state index in [1.807, 2.05) is 12.1 Å². The van der Waals surface area contributed by atoms with E-state index >= 15 is 0 Å². The molecule has 2 bridgehead atoms. The summed E-state index contributed by atoms with van der Waals surface area (Å²) < 4.78 is 6.07. The van der Waals surface area contributed by atoms with Crippen LogP contribution in [0, 0.1) is 11.8 Å². The van der Waals surface area contributed by atoms with E-state index in [0.717, 1.165) is 31.6 Å². The quantitative estimate of drug-likeness (QED) is 0.920. The highest BCUT2D eigenvalue weighted by Gasteiger charge is 2.53. The van der Waals surface area contributed by atoms with Crippen LogP contribution in [0.4, 0.5) is 0 Å². The minimum atomic E-state index is -0.485. The van der Waals surface area contributed by atoms with Crippen LogP contribution in [0.2, 0.25) is 0 Å². The van der Waals surface area contributed by atoms with Crippen molar-refractivity contribution in [2.24, 2.45) is 17.6 Å². The van der Waals surface area contributed by atoms with Crippen molar-refractivity contribution in [3.63, 3.8) is 0 Å². The highest BCUT2D eigenvalue weighted by molar-refractivity contribution is 5.90. The maximum Gasteiger partial charge on any atom is 0.267 e. The first kappa shape index (κ1) is 17.2. The number of aromatic nitrogens is 1. The molecule has 1 saturated carbocycles. The van der Waals surface area contributed by atoms with E-state index < -0.39 is 5.91 Å². The van der Waals surface area contributed by atoms with Gasteiger partial charge in [-0.1, -0.05) is 12.5 Å². The number of ether oxygens (including phenoxy) is 1. The standard InChI is InChI=1S/C16H23N3O2.ClH/c1-19-9-11-5-3-6-12(10-19)16(11,21-2)14-8-4-7-13(18-14)15(17)20;/h4,7-8,11-12H,3,5-6,9-10H2,1-2H3,(H2,17,20);1H/t11-,12+,16-;. The van der Waals surface area contributed by atoms with Crippen LogP contribution in [0.1, 0.15) is 35.4 Å². The Morgan fingerprint density at radius 2 is 2.00 bits per heavy atom. The van der Waals surface area contributed by atoms with Crippen LogP contribution in [0.3, 0.4) is 0 Å². The highest BCUT2D eigenvalue weighted by Crippen LogP contribution is 2.50. The summed E-state index contributed by atoms with van der Waals surface area (Å²) in [6.45, 7) is 2.01. The molecule has 22 heavy (non-hydrogen) atoms. The molecule has 0 unspecified atom stereocenters. The molecule has 0 aromatic carbocycles. The number of hydrogen-bond acceptors (Lipinski definition) is 4. The number of halogens is 1. The van der Waals surface area contributed by atoms with Gasteiger partial charge in [0.15, 0.2) is 0 Å². The van der Waals surface area contributed by atoms with E-state index in [0.29, 0.717) is 17.5 Å². The Balaban J connectivity index is 0.00000176. The molecule has 0 spiro atoms. The Kier molecular flexibility index (Phi) is 5.10. The Hall–Kier alpha value is -1.17. The molecular formula is C16H24ClN3O2. The molecule has 1 aliphatic heterocycles. The molecule has 2 N–H and O–H groups in total. The molecule has 1 amide bonds. The summed E-state index contributed by atoms with van der Waals surface area (Å²) >= 11 is 0. The van der Waals surface area contributed by atoms with Gasteiger partial charge >= 0.3 is 0 Å². The summed E-state index contributed by atoms with van der Waals surface area (Å²) in [7, 11) is 3.94. The first-order valence-corrected chi connectivity index (χ1v) is 7.59. The number of fused-ring (bicyclic) bond motifs is 2. The van der Waals surface area contributed by atoms with Gasteiger partial charge in [0.1, 0.15) is 11.3 Å². The topological polar surface area (TPSA) is 68.5 Å². The van der Waals surface area contributed by atoms with Crippen molar-refractivity contribution in [3.05, 3.63) is 29.6 Å². The van der Waals surface area contributed by atoms with E-state index in [2.05, 4.69) is 16.9 Å². The number of likely N-dealkylation sites (tertiary alicyclic amines) is 1. The number of methoxy groups -OCH3 is 1. The zero-order valence-electron chi connectivity index (χ0n) is 13.1. The average molecular weight is 326 g/mol. The fourth-order valence-electron chi connectivity index (χ4n) is 4.30. The minimum absolute atomic E-state index is 0. The lowest BCUT2D eigenvalue weighted by Crippen LogP contribution is -2.58. The predicted molar refractivity (Wildman–Crippen MR) is 87.0 cm³/mol. The van der Waals surface area contributed by atoms with Crippen molar-refractivity contribution in [3.8, 4) is 0 Å². The van der Waals surface area contributed by atoms with Gasteiger partial charge in [-0.15, -0.1) is 12.4 Å². The minimum Gasteiger partial charge on any atom is -0.371 e. The lowest BCUT2D eigenvalue weighted by molar-refractivity contribution is -0.168. The smallest absolute Gasteiger partial charge is 0.267 e. The lowest BCUT2D eigenvalue weighted by atomic mass is 9.63. The Morgan fingerprint density at radius 3 is 2.55 bits per heavy atom. The van der Waals surface area contributed by atoms with Gasteiger partial charge in [-0.25, -0.2) is 4.98 Å². The number of rotatable bonds is 3. The number of pyridine rings is 1. The molecule has 2 heterocycles. The first-order chi connectivity index (χ1) is 10.1. The summed E-state index contributed by atoms with van der Waals surface area (Å²) in [5.74, 6) is 0.340. The van der Waals surface area contributed by atoms with Crippen LogP contribution in [-0.2, 0) is 10.3 Å². The van der Waals surface area contributed by atoms with Crippen LogP contribution < -0.4 is 5.73 Å². The number of piperidine rings is 1. The second-order valence-electron chi connectivity index (χ2n) is 6.32. The zero-order valence-corrected chi connectivity index (χ0v) is 13.9. The van der Waals surface area contributed by atoms with Crippen LogP contribution in [0.15, 0.2) is 18.2 Å². The zero-order chi connectivity index (χ0) is 15.0. The number of nitrogens with zero attached hydrogens (tertiary/aromatic N) is 2. The Labute approximate surface area is 137 Å². The molecule has 1 saturated heterocycles. The normalized spacial score (nSPS) is 31.4. The maximum absolute atomic E-state index is 11.4. The largest absolute Gasteiger partial charge is 0.371 e. The summed E-state index contributed by atoms with van der Waals surface area (Å²) in [5.41, 5.74) is 6.19. The van der Waals surface area contributed by atoms with E-state index in [1.165, 1.54) is 6.42 Å². The van der Waals surface area contributed by atoms with E-state index in [1.54, 1.807) is 13.2 Å². The average Bonchev–Trinajstić information content (AvgIpc) is 2.46. The van der Waals surface area contributed by atoms with Crippen molar-refractivity contribution in [1.29, 1.82) is 0 Å². The number of primary amides is 1. The second kappa shape index (κ2) is 6.52. The number of hydrogen-bond donors (Lipinski definition) is 1. The first-order valence-electron chi connectivity index (χ1n) is 7.59. The molecule has 6 heteroatoms. The number of amides is 1. The molecule has 0 radical (unpaired) electrons. The number of carbonyl (C=O) groups excluding carboxylic acids is 1. The molecule has 3 atom stereocenters. The monoisotopic (exact) mass is 325 g/mol. The van der Waals surface area contributed by atoms with E-state index in [9.17, 15) is 4.79 Å². The molecule has 5 nitrogen and oxygen atoms in total. The SMILES string of the molecule is CO[C@]1(c2cccc(C(N)=O)n2)[C@@H]2CCC[C@H]1CN(C)C2.Cl. The molecule has 3 rings (SSSR count). The van der Waals surface area contributed by atoms with Crippen molar-refractivity contribution < 1.29 is 9.53 Å². The molecule has 1 aliphatic carbocycles. The second-order valence-corrected chi connectivity index (χ2v) is 6.32. The van der Waals surface area contributed by atoms with Gasteiger partial charge in [0.05, 0.1) is 5.69 Å². The molecule has 1 aromatic rings. The molecule has 1 aromatic heterocycles. The van der Waals surface area contributed by atoms with Gasteiger partial charge < -0.3 is 15.4 Å². The van der Waals surface area contributed by atoms with Crippen LogP contribution in [-0.4, -0.2) is 43.0 Å². The number of carbonyl (C=O) groups is 1. The third-order valence-corrected chi connectivity index (χ3v) is 5.12. The highest BCUT2D eigenvalue weighted by atomic mass is 35.5. The van der Waals surface area contributed by atoms with E-state index in [-0.39, 0.29) is 18.0 Å². The van der Waals surface area contributed by atoms with Crippen LogP contribution >= 0.6 is 12.4 Å². The van der Waals surface area contributed by atoms with Crippen LogP contribution in [0.25, 0.3) is 0 Å². The third-order valence-electron chi connectivity index (χ3n) is 5.12. The van der Waals surface area contributed by atoms with Crippen molar-refractivity contribution >= 4 is 18.3 Å². The van der Waals surface area contributed by atoms with Crippen LogP contribution in [0.5, 0.6) is 0 Å². The summed E-state index contributed by atoms with van der Waals surface area (Å²) in [6, 6.07) is 5.50. The van der Waals surface area contributed by atoms with Crippen molar-refractivity contribution in [1.82, 2.24) is 9.88 Å². The fraction of sp³-hybridized carbons (Fsp3) is 0.625. The third kappa shape index (κ3) is 2.62. The Bertz CT molecular complexity index is 538. The summed E-state index contributed by atoms with van der Waals surface area (Å²) in [6.07, 6.45) is 3.51. The molecule has 2 aliphatic rings. The molecule has 2 fully saturated rings. The van der Waals surface area contributed by atoms with Crippen molar-refractivity contribution in [2.75, 3.05) is 27.2 Å². The van der Waals surface area contributed by atoms with Crippen molar-refractivity contribution in [2.45, 2.75) is 24.9 Å². The van der Waals surface area contributed by atoms with Gasteiger partial charge in [-0.05, 0) is 32.0 Å².